The third-order valence-corrected chi connectivity index (χ3v) is 5.01. The molecule has 0 bridgehead atoms. The summed E-state index contributed by atoms with van der Waals surface area (Å²) in [4.78, 5) is -0.116. The molecule has 0 amide bonds. The van der Waals surface area contributed by atoms with Crippen LogP contribution in [-0.2, 0) is 16.6 Å². The molecule has 1 aromatic heterocycles. The second kappa shape index (κ2) is 6.09. The van der Waals surface area contributed by atoms with Crippen LogP contribution in [0.4, 0.5) is 11.5 Å². The van der Waals surface area contributed by atoms with Crippen LogP contribution in [0.5, 0.6) is 0 Å². The van der Waals surface area contributed by atoms with Crippen molar-refractivity contribution in [2.45, 2.75) is 18.4 Å². The lowest BCUT2D eigenvalue weighted by Gasteiger charge is -2.08. The Morgan fingerprint density at radius 1 is 1.24 bits per heavy atom. The predicted molar refractivity (Wildman–Crippen MR) is 84.0 cm³/mol. The Labute approximate surface area is 133 Å². The summed E-state index contributed by atoms with van der Waals surface area (Å²) in [6.07, 6.45) is 1.77. The van der Waals surface area contributed by atoms with Crippen LogP contribution in [0.25, 0.3) is 0 Å². The van der Waals surface area contributed by atoms with E-state index in [1.807, 2.05) is 13.0 Å². The molecule has 2 aromatic rings. The third kappa shape index (κ3) is 3.40. The standard InChI is InChI=1S/C13H13Cl2N3O2S/c1-2-18-6-4-3-5-13(18)17-21(19,20)12-8-9(14)11(16)7-10(12)15/h3-8H,2,16H2,1H3/p+1. The van der Waals surface area contributed by atoms with E-state index in [-0.39, 0.29) is 20.6 Å². The van der Waals surface area contributed by atoms with E-state index in [1.54, 1.807) is 22.9 Å². The Hall–Kier alpha value is -1.50. The van der Waals surface area contributed by atoms with Gasteiger partial charge < -0.3 is 5.73 Å². The highest BCUT2D eigenvalue weighted by Crippen LogP contribution is 2.30. The number of pyridine rings is 1. The summed E-state index contributed by atoms with van der Waals surface area (Å²) in [5, 5.41) is 0.152. The summed E-state index contributed by atoms with van der Waals surface area (Å²) in [5.41, 5.74) is 5.82. The van der Waals surface area contributed by atoms with Gasteiger partial charge in [-0.05, 0) is 25.1 Å². The molecule has 0 unspecified atom stereocenters. The van der Waals surface area contributed by atoms with Crippen molar-refractivity contribution in [3.8, 4) is 0 Å². The average Bonchev–Trinajstić information content (AvgIpc) is 2.43. The van der Waals surface area contributed by atoms with Gasteiger partial charge in [0, 0.05) is 6.07 Å². The lowest BCUT2D eigenvalue weighted by atomic mass is 10.3. The lowest BCUT2D eigenvalue weighted by Crippen LogP contribution is -2.36. The van der Waals surface area contributed by atoms with Crippen LogP contribution in [0.2, 0.25) is 10.0 Å². The molecule has 0 aliphatic heterocycles. The van der Waals surface area contributed by atoms with E-state index in [4.69, 9.17) is 28.9 Å². The predicted octanol–water partition coefficient (Wildman–Crippen LogP) is 2.68. The number of nitrogens with zero attached hydrogens (tertiary/aromatic N) is 1. The molecule has 5 nitrogen and oxygen atoms in total. The molecular formula is C13H14Cl2N3O2S+. The maximum absolute atomic E-state index is 12.4. The van der Waals surface area contributed by atoms with Crippen molar-refractivity contribution in [3.05, 3.63) is 46.6 Å². The first kappa shape index (κ1) is 15.9. The number of nitrogen functional groups attached to an aromatic ring is 1. The van der Waals surface area contributed by atoms with Gasteiger partial charge in [-0.25, -0.2) is 4.57 Å². The molecule has 0 saturated carbocycles. The van der Waals surface area contributed by atoms with Gasteiger partial charge in [-0.3, -0.25) is 0 Å². The van der Waals surface area contributed by atoms with Gasteiger partial charge in [0.2, 0.25) is 0 Å². The van der Waals surface area contributed by atoms with Crippen molar-refractivity contribution in [2.24, 2.45) is 0 Å². The molecule has 0 aliphatic carbocycles. The van der Waals surface area contributed by atoms with Crippen molar-refractivity contribution >= 4 is 44.7 Å². The maximum atomic E-state index is 12.4. The molecule has 112 valence electrons. The Morgan fingerprint density at radius 3 is 2.62 bits per heavy atom. The SMILES string of the molecule is CC[n+]1ccccc1NS(=O)(=O)c1cc(Cl)c(N)cc1Cl. The van der Waals surface area contributed by atoms with Crippen LogP contribution < -0.4 is 15.0 Å². The van der Waals surface area contributed by atoms with Crippen molar-refractivity contribution in [3.63, 3.8) is 0 Å². The summed E-state index contributed by atoms with van der Waals surface area (Å²) < 4.78 is 29.1. The number of nitrogens with one attached hydrogen (secondary N) is 1. The minimum Gasteiger partial charge on any atom is -0.397 e. The number of aryl methyl sites for hydroxylation is 1. The van der Waals surface area contributed by atoms with Gasteiger partial charge in [-0.2, -0.15) is 13.1 Å². The topological polar surface area (TPSA) is 76.1 Å². The minimum atomic E-state index is -3.86. The van der Waals surface area contributed by atoms with Crippen molar-refractivity contribution in [1.29, 1.82) is 0 Å². The fourth-order valence-corrected chi connectivity index (χ4v) is 3.65. The number of anilines is 2. The molecule has 0 atom stereocenters. The molecular weight excluding hydrogens is 333 g/mol. The van der Waals surface area contributed by atoms with Gasteiger partial charge in [0.1, 0.15) is 4.90 Å². The number of benzene rings is 1. The largest absolute Gasteiger partial charge is 0.397 e. The van der Waals surface area contributed by atoms with Gasteiger partial charge in [-0.1, -0.05) is 29.3 Å². The van der Waals surface area contributed by atoms with Crippen LogP contribution in [0.3, 0.4) is 0 Å². The molecule has 1 heterocycles. The van der Waals surface area contributed by atoms with Crippen molar-refractivity contribution < 1.29 is 13.0 Å². The van der Waals surface area contributed by atoms with E-state index in [1.165, 1.54) is 12.1 Å². The highest BCUT2D eigenvalue weighted by Gasteiger charge is 2.25. The van der Waals surface area contributed by atoms with Crippen molar-refractivity contribution in [2.75, 3.05) is 10.5 Å². The van der Waals surface area contributed by atoms with Crippen LogP contribution in [-0.4, -0.2) is 8.42 Å². The molecule has 0 radical (unpaired) electrons. The summed E-state index contributed by atoms with van der Waals surface area (Å²) in [7, 11) is -3.86. The lowest BCUT2D eigenvalue weighted by molar-refractivity contribution is -0.679. The highest BCUT2D eigenvalue weighted by molar-refractivity contribution is 7.92. The highest BCUT2D eigenvalue weighted by atomic mass is 35.5. The summed E-state index contributed by atoms with van der Waals surface area (Å²) >= 11 is 11.8. The Kier molecular flexibility index (Phi) is 4.61. The number of halogens is 2. The fourth-order valence-electron chi connectivity index (χ4n) is 1.79. The van der Waals surface area contributed by atoms with Crippen molar-refractivity contribution in [1.82, 2.24) is 0 Å². The zero-order valence-electron chi connectivity index (χ0n) is 11.2. The average molecular weight is 347 g/mol. The molecule has 0 aliphatic rings. The van der Waals surface area contributed by atoms with E-state index in [2.05, 4.69) is 4.72 Å². The number of aromatic nitrogens is 1. The van der Waals surface area contributed by atoms with E-state index in [0.29, 0.717) is 12.4 Å². The van der Waals surface area contributed by atoms with Gasteiger partial charge in [0.05, 0.1) is 28.5 Å². The Balaban J connectivity index is 2.46. The first-order valence-corrected chi connectivity index (χ1v) is 8.35. The monoisotopic (exact) mass is 346 g/mol. The normalized spacial score (nSPS) is 11.4. The summed E-state index contributed by atoms with van der Waals surface area (Å²) in [6.45, 7) is 2.53. The van der Waals surface area contributed by atoms with E-state index in [0.717, 1.165) is 0 Å². The zero-order valence-corrected chi connectivity index (χ0v) is 13.5. The second-order valence-corrected chi connectivity index (χ2v) is 6.75. The van der Waals surface area contributed by atoms with Crippen LogP contribution in [0, 0.1) is 0 Å². The van der Waals surface area contributed by atoms with E-state index < -0.39 is 10.0 Å². The molecule has 0 saturated heterocycles. The second-order valence-electron chi connectivity index (χ2n) is 4.28. The van der Waals surface area contributed by atoms with Gasteiger partial charge in [0.15, 0.2) is 0 Å². The third-order valence-electron chi connectivity index (χ3n) is 2.86. The molecule has 8 heteroatoms. The summed E-state index contributed by atoms with van der Waals surface area (Å²) in [6, 6.07) is 7.77. The van der Waals surface area contributed by atoms with Gasteiger partial charge >= 0.3 is 10.0 Å². The first-order chi connectivity index (χ1) is 9.85. The smallest absolute Gasteiger partial charge is 0.330 e. The quantitative estimate of drug-likeness (QED) is 0.660. The molecule has 2 rings (SSSR count). The molecule has 1 aromatic carbocycles. The van der Waals surface area contributed by atoms with E-state index in [9.17, 15) is 8.42 Å². The molecule has 21 heavy (non-hydrogen) atoms. The fraction of sp³-hybridized carbons (Fsp3) is 0.154. The maximum Gasteiger partial charge on any atom is 0.330 e. The number of sulfonamides is 1. The number of nitrogens with two attached hydrogens (primary N) is 1. The van der Waals surface area contributed by atoms with Gasteiger partial charge in [0.25, 0.3) is 5.82 Å². The first-order valence-electron chi connectivity index (χ1n) is 6.11. The zero-order chi connectivity index (χ0) is 15.6. The molecule has 0 spiro atoms. The number of hydrogen-bond acceptors (Lipinski definition) is 3. The molecule has 3 N–H and O–H groups in total. The Bertz CT molecular complexity index is 779. The van der Waals surface area contributed by atoms with Crippen LogP contribution in [0.1, 0.15) is 6.92 Å². The number of rotatable bonds is 4. The molecule has 0 fully saturated rings. The van der Waals surface area contributed by atoms with Gasteiger partial charge in [-0.15, -0.1) is 0 Å². The minimum absolute atomic E-state index is 0.0170. The van der Waals surface area contributed by atoms with Crippen LogP contribution in [0.15, 0.2) is 41.4 Å². The summed E-state index contributed by atoms with van der Waals surface area (Å²) in [5.74, 6) is 0.434. The van der Waals surface area contributed by atoms with Crippen LogP contribution >= 0.6 is 23.2 Å². The van der Waals surface area contributed by atoms with E-state index >= 15 is 0 Å². The number of hydrogen-bond donors (Lipinski definition) is 2. The Morgan fingerprint density at radius 2 is 1.95 bits per heavy atom.